The largest absolute Gasteiger partial charge is 0.573 e. The number of Topliss-reactive ketones (excluding diaryl/α,β-unsaturated/α-hetero) is 1. The van der Waals surface area contributed by atoms with Gasteiger partial charge >= 0.3 is 12.0 Å². The second-order valence-electron chi connectivity index (χ2n) is 6.25. The Hall–Kier alpha value is -2.88. The Labute approximate surface area is 150 Å². The topological polar surface area (TPSA) is 83.0 Å². The predicted octanol–water partition coefficient (Wildman–Crippen LogP) is 2.31. The fraction of sp³-hybridized carbons (Fsp3) is 0.353. The Morgan fingerprint density at radius 3 is 2.52 bits per heavy atom. The number of benzene rings is 1. The van der Waals surface area contributed by atoms with E-state index in [0.29, 0.717) is 11.3 Å². The maximum Gasteiger partial charge on any atom is 0.573 e. The molecule has 7 nitrogen and oxygen atoms in total. The van der Waals surface area contributed by atoms with E-state index in [4.69, 9.17) is 9.26 Å². The number of ketones is 1. The molecular weight excluding hydrogens is 369 g/mol. The summed E-state index contributed by atoms with van der Waals surface area (Å²) in [4.78, 5) is 29.2. The number of aryl methyl sites for hydroxylation is 1. The molecule has 0 aliphatic carbocycles. The van der Waals surface area contributed by atoms with Gasteiger partial charge in [0.2, 0.25) is 0 Å². The molecule has 0 N–H and O–H groups in total. The van der Waals surface area contributed by atoms with Crippen molar-refractivity contribution in [1.82, 2.24) is 4.74 Å². The molecule has 1 aromatic carbocycles. The molecule has 2 aromatic rings. The maximum atomic E-state index is 12.5. The van der Waals surface area contributed by atoms with Crippen LogP contribution in [0.1, 0.15) is 17.0 Å². The fourth-order valence-corrected chi connectivity index (χ4v) is 3.51. The van der Waals surface area contributed by atoms with E-state index in [2.05, 4.69) is 9.73 Å². The SMILES string of the molecule is Cn1oc(=O)c2c1N=C1COCC(=O)C1C2c1ccc(OC(F)(F)F)cc1. The van der Waals surface area contributed by atoms with Crippen LogP contribution in [0.4, 0.5) is 19.0 Å². The third-order valence-corrected chi connectivity index (χ3v) is 4.55. The highest BCUT2D eigenvalue weighted by atomic mass is 19.4. The molecule has 1 aromatic heterocycles. The van der Waals surface area contributed by atoms with Crippen molar-refractivity contribution in [2.45, 2.75) is 12.3 Å². The normalized spacial score (nSPS) is 22.1. The number of nitrogens with zero attached hydrogens (tertiary/aromatic N) is 2. The number of carbonyl (C=O) groups is 1. The molecule has 2 aliphatic rings. The molecule has 0 radical (unpaired) electrons. The number of ether oxygens (including phenoxy) is 2. The van der Waals surface area contributed by atoms with Crippen LogP contribution in [-0.2, 0) is 16.6 Å². The number of aliphatic imine (C=N–C) groups is 1. The number of hydrogen-bond donors (Lipinski definition) is 0. The second-order valence-corrected chi connectivity index (χ2v) is 6.25. The minimum atomic E-state index is -4.81. The number of aromatic nitrogens is 1. The highest BCUT2D eigenvalue weighted by Gasteiger charge is 2.44. The summed E-state index contributed by atoms with van der Waals surface area (Å²) < 4.78 is 52.5. The molecule has 0 amide bonds. The van der Waals surface area contributed by atoms with Crippen LogP contribution in [0.15, 0.2) is 38.6 Å². The molecule has 0 saturated carbocycles. The van der Waals surface area contributed by atoms with Crippen LogP contribution in [0.25, 0.3) is 0 Å². The molecule has 2 aliphatic heterocycles. The van der Waals surface area contributed by atoms with E-state index in [-0.39, 0.29) is 30.4 Å². The minimum absolute atomic E-state index is 0.122. The van der Waals surface area contributed by atoms with Crippen LogP contribution in [0, 0.1) is 5.92 Å². The molecule has 0 bridgehead atoms. The highest BCUT2D eigenvalue weighted by Crippen LogP contribution is 2.42. The standard InChI is InChI=1S/C17H13F3N2O5/c1-22-15-14(16(24)27-22)12(13-10(21-15)6-25-7-11(13)23)8-2-4-9(5-3-8)26-17(18,19)20/h2-5,12-13H,6-7H2,1H3. The number of carbonyl (C=O) groups excluding carboxylic acids is 1. The average Bonchev–Trinajstić information content (AvgIpc) is 2.87. The zero-order chi connectivity index (χ0) is 19.3. The second kappa shape index (κ2) is 6.08. The average molecular weight is 382 g/mol. The van der Waals surface area contributed by atoms with E-state index in [1.807, 2.05) is 0 Å². The van der Waals surface area contributed by atoms with Crippen LogP contribution in [-0.4, -0.2) is 35.8 Å². The Bertz CT molecular complexity index is 987. The summed E-state index contributed by atoms with van der Waals surface area (Å²) in [6.07, 6.45) is -4.81. The fourth-order valence-electron chi connectivity index (χ4n) is 3.51. The van der Waals surface area contributed by atoms with E-state index in [1.165, 1.54) is 23.9 Å². The molecule has 4 rings (SSSR count). The molecule has 10 heteroatoms. The van der Waals surface area contributed by atoms with Crippen LogP contribution in [0.3, 0.4) is 0 Å². The van der Waals surface area contributed by atoms with Crippen molar-refractivity contribution in [2.24, 2.45) is 18.0 Å². The zero-order valence-corrected chi connectivity index (χ0v) is 13.9. The van der Waals surface area contributed by atoms with Gasteiger partial charge in [-0.15, -0.1) is 13.2 Å². The lowest BCUT2D eigenvalue weighted by atomic mass is 9.74. The van der Waals surface area contributed by atoms with Crippen molar-refractivity contribution < 1.29 is 32.0 Å². The first-order chi connectivity index (χ1) is 12.7. The summed E-state index contributed by atoms with van der Waals surface area (Å²) in [7, 11) is 1.51. The molecule has 2 atom stereocenters. The Balaban J connectivity index is 1.81. The van der Waals surface area contributed by atoms with Crippen molar-refractivity contribution >= 4 is 17.3 Å². The van der Waals surface area contributed by atoms with Crippen molar-refractivity contribution in [3.8, 4) is 5.75 Å². The third kappa shape index (κ3) is 3.05. The maximum absolute atomic E-state index is 12.5. The smallest absolute Gasteiger partial charge is 0.406 e. The summed E-state index contributed by atoms with van der Waals surface area (Å²) in [5.74, 6) is -1.83. The number of fused-ring (bicyclic) bond motifs is 2. The first kappa shape index (κ1) is 17.5. The van der Waals surface area contributed by atoms with Crippen molar-refractivity contribution in [3.63, 3.8) is 0 Å². The van der Waals surface area contributed by atoms with Gasteiger partial charge in [-0.25, -0.2) is 9.79 Å². The summed E-state index contributed by atoms with van der Waals surface area (Å²) in [5, 5.41) is 0. The molecule has 27 heavy (non-hydrogen) atoms. The molecule has 2 unspecified atom stereocenters. The minimum Gasteiger partial charge on any atom is -0.406 e. The van der Waals surface area contributed by atoms with E-state index in [0.717, 1.165) is 12.1 Å². The zero-order valence-electron chi connectivity index (χ0n) is 13.9. The first-order valence-electron chi connectivity index (χ1n) is 7.98. The van der Waals surface area contributed by atoms with Gasteiger partial charge in [0.05, 0.1) is 23.8 Å². The van der Waals surface area contributed by atoms with Gasteiger partial charge in [0, 0.05) is 13.0 Å². The van der Waals surface area contributed by atoms with Gasteiger partial charge in [0.1, 0.15) is 12.4 Å². The summed E-state index contributed by atoms with van der Waals surface area (Å²) in [6.45, 7) is 0.00391. The molecule has 3 heterocycles. The third-order valence-electron chi connectivity index (χ3n) is 4.55. The number of rotatable bonds is 2. The van der Waals surface area contributed by atoms with Gasteiger partial charge in [-0.2, -0.15) is 4.74 Å². The molecular formula is C17H13F3N2O5. The van der Waals surface area contributed by atoms with Crippen LogP contribution < -0.4 is 10.4 Å². The Morgan fingerprint density at radius 2 is 1.85 bits per heavy atom. The summed E-state index contributed by atoms with van der Waals surface area (Å²) in [5.41, 5.74) is 0.494. The van der Waals surface area contributed by atoms with Gasteiger partial charge in [-0.05, 0) is 17.7 Å². The Morgan fingerprint density at radius 1 is 1.15 bits per heavy atom. The van der Waals surface area contributed by atoms with Gasteiger partial charge in [-0.1, -0.05) is 12.1 Å². The van der Waals surface area contributed by atoms with E-state index >= 15 is 0 Å². The van der Waals surface area contributed by atoms with Gasteiger partial charge in [0.25, 0.3) is 0 Å². The van der Waals surface area contributed by atoms with Gasteiger partial charge in [0.15, 0.2) is 11.6 Å². The quantitative estimate of drug-likeness (QED) is 0.796. The summed E-state index contributed by atoms with van der Waals surface area (Å²) in [6, 6.07) is 5.08. The lowest BCUT2D eigenvalue weighted by Crippen LogP contribution is -2.43. The molecule has 1 fully saturated rings. The van der Waals surface area contributed by atoms with E-state index < -0.39 is 29.6 Å². The van der Waals surface area contributed by atoms with Gasteiger partial charge < -0.3 is 14.0 Å². The molecule has 142 valence electrons. The lowest BCUT2D eigenvalue weighted by Gasteiger charge is -2.33. The number of alkyl halides is 3. The monoisotopic (exact) mass is 382 g/mol. The number of hydrogen-bond acceptors (Lipinski definition) is 6. The Kier molecular flexibility index (Phi) is 3.95. The number of halogens is 3. The summed E-state index contributed by atoms with van der Waals surface area (Å²) >= 11 is 0. The molecule has 0 spiro atoms. The molecule has 1 saturated heterocycles. The predicted molar refractivity (Wildman–Crippen MR) is 85.3 cm³/mol. The van der Waals surface area contributed by atoms with Crippen molar-refractivity contribution in [3.05, 3.63) is 45.8 Å². The van der Waals surface area contributed by atoms with E-state index in [1.54, 1.807) is 0 Å². The highest BCUT2D eigenvalue weighted by molar-refractivity contribution is 6.10. The van der Waals surface area contributed by atoms with Crippen molar-refractivity contribution in [2.75, 3.05) is 13.2 Å². The van der Waals surface area contributed by atoms with Crippen LogP contribution >= 0.6 is 0 Å². The first-order valence-corrected chi connectivity index (χ1v) is 7.98. The van der Waals surface area contributed by atoms with Gasteiger partial charge in [-0.3, -0.25) is 4.79 Å². The van der Waals surface area contributed by atoms with E-state index in [9.17, 15) is 22.8 Å². The van der Waals surface area contributed by atoms with Crippen LogP contribution in [0.5, 0.6) is 5.75 Å². The lowest BCUT2D eigenvalue weighted by molar-refractivity contribution is -0.274. The van der Waals surface area contributed by atoms with Crippen LogP contribution in [0.2, 0.25) is 0 Å². The van der Waals surface area contributed by atoms with Crippen molar-refractivity contribution in [1.29, 1.82) is 0 Å².